The molecule has 34 heavy (non-hydrogen) atoms. The lowest BCUT2D eigenvalue weighted by molar-refractivity contribution is -0.115. The van der Waals surface area contributed by atoms with Gasteiger partial charge in [-0.2, -0.15) is 0 Å². The number of hydrogen-bond donors (Lipinski definition) is 2. The molecule has 0 aliphatic carbocycles. The van der Waals surface area contributed by atoms with Crippen LogP contribution in [0.5, 0.6) is 0 Å². The van der Waals surface area contributed by atoms with Crippen LogP contribution in [0.1, 0.15) is 11.3 Å². The molecule has 176 valence electrons. The Kier molecular flexibility index (Phi) is 8.37. The van der Waals surface area contributed by atoms with Gasteiger partial charge in [0.2, 0.25) is 5.91 Å². The summed E-state index contributed by atoms with van der Waals surface area (Å²) in [7, 11) is 0. The molecule has 0 saturated carbocycles. The number of carbonyl (C=O) groups is 1. The second-order valence-electron chi connectivity index (χ2n) is 7.69. The highest BCUT2D eigenvalue weighted by Crippen LogP contribution is 2.31. The van der Waals surface area contributed by atoms with E-state index in [9.17, 15) is 4.79 Å². The van der Waals surface area contributed by atoms with E-state index in [0.29, 0.717) is 21.6 Å². The fourth-order valence-corrected chi connectivity index (χ4v) is 4.18. The minimum absolute atomic E-state index is 0.212. The smallest absolute Gasteiger partial charge is 0.250 e. The van der Waals surface area contributed by atoms with E-state index < -0.39 is 0 Å². The number of anilines is 1. The van der Waals surface area contributed by atoms with Crippen molar-refractivity contribution in [3.8, 4) is 11.3 Å². The van der Waals surface area contributed by atoms with Crippen LogP contribution in [0.4, 0.5) is 5.69 Å². The number of thiocarbonyl (C=S) groups is 1. The Hall–Kier alpha value is -2.68. The van der Waals surface area contributed by atoms with Gasteiger partial charge in [-0.3, -0.25) is 15.0 Å². The van der Waals surface area contributed by atoms with E-state index in [2.05, 4.69) is 15.5 Å². The number of nitrogens with one attached hydrogen (secondary N) is 2. The van der Waals surface area contributed by atoms with E-state index in [4.69, 9.17) is 44.6 Å². The average Bonchev–Trinajstić information content (AvgIpc) is 3.28. The van der Waals surface area contributed by atoms with Crippen LogP contribution in [0.15, 0.2) is 65.1 Å². The summed E-state index contributed by atoms with van der Waals surface area (Å²) in [6, 6.07) is 16.7. The second-order valence-corrected chi connectivity index (χ2v) is 8.94. The topological polar surface area (TPSA) is 66.7 Å². The van der Waals surface area contributed by atoms with Gasteiger partial charge in [0.25, 0.3) is 0 Å². The summed E-state index contributed by atoms with van der Waals surface area (Å²) < 4.78 is 11.1. The van der Waals surface area contributed by atoms with Crippen LogP contribution in [0.3, 0.4) is 0 Å². The molecule has 2 N–H and O–H groups in total. The monoisotopic (exact) mass is 515 g/mol. The number of ether oxygens (including phenoxy) is 1. The van der Waals surface area contributed by atoms with Crippen molar-refractivity contribution in [3.63, 3.8) is 0 Å². The van der Waals surface area contributed by atoms with Gasteiger partial charge in [0.15, 0.2) is 5.11 Å². The molecule has 0 atom stereocenters. The molecule has 1 aliphatic heterocycles. The van der Waals surface area contributed by atoms with Gasteiger partial charge in [0.05, 0.1) is 18.2 Å². The maximum Gasteiger partial charge on any atom is 0.250 e. The van der Waals surface area contributed by atoms with Crippen LogP contribution in [0, 0.1) is 0 Å². The molecular weight excluding hydrogens is 493 g/mol. The van der Waals surface area contributed by atoms with Crippen molar-refractivity contribution in [2.24, 2.45) is 0 Å². The molecule has 1 aliphatic rings. The molecule has 3 aromatic rings. The number of carbonyl (C=O) groups excluding carboxylic acids is 1. The predicted octanol–water partition coefficient (Wildman–Crippen LogP) is 5.61. The molecule has 0 unspecified atom stereocenters. The normalized spacial score (nSPS) is 14.3. The summed E-state index contributed by atoms with van der Waals surface area (Å²) in [6.07, 6.45) is 2.91. The number of furan rings is 1. The van der Waals surface area contributed by atoms with E-state index >= 15 is 0 Å². The first kappa shape index (κ1) is 24.4. The molecule has 6 nitrogen and oxygen atoms in total. The second kappa shape index (κ2) is 11.6. The minimum atomic E-state index is -0.371. The number of amides is 1. The highest BCUT2D eigenvalue weighted by Gasteiger charge is 2.11. The quantitative estimate of drug-likeness (QED) is 0.328. The molecule has 1 saturated heterocycles. The largest absolute Gasteiger partial charge is 0.457 e. The van der Waals surface area contributed by atoms with Gasteiger partial charge >= 0.3 is 0 Å². The molecule has 4 rings (SSSR count). The number of morpholine rings is 1. The van der Waals surface area contributed by atoms with Gasteiger partial charge < -0.3 is 14.5 Å². The van der Waals surface area contributed by atoms with Gasteiger partial charge in [-0.1, -0.05) is 35.3 Å². The van der Waals surface area contributed by atoms with Crippen LogP contribution in [-0.2, 0) is 16.1 Å². The first-order chi connectivity index (χ1) is 16.5. The highest BCUT2D eigenvalue weighted by atomic mass is 35.5. The maximum absolute atomic E-state index is 12.2. The summed E-state index contributed by atoms with van der Waals surface area (Å²) in [4.78, 5) is 14.6. The Balaban J connectivity index is 1.27. The first-order valence-corrected chi connectivity index (χ1v) is 11.9. The van der Waals surface area contributed by atoms with Gasteiger partial charge in [-0.05, 0) is 66.3 Å². The van der Waals surface area contributed by atoms with E-state index in [1.807, 2.05) is 24.3 Å². The zero-order chi connectivity index (χ0) is 23.9. The fraction of sp³-hybridized carbons (Fsp3) is 0.200. The number of nitrogens with zero attached hydrogens (tertiary/aromatic N) is 1. The number of halogens is 2. The molecular formula is C25H23Cl2N3O3S. The lowest BCUT2D eigenvalue weighted by atomic mass is 10.2. The van der Waals surface area contributed by atoms with Gasteiger partial charge in [-0.25, -0.2) is 0 Å². The van der Waals surface area contributed by atoms with Crippen LogP contribution in [0.2, 0.25) is 10.0 Å². The molecule has 1 fully saturated rings. The van der Waals surface area contributed by atoms with Gasteiger partial charge in [-0.15, -0.1) is 0 Å². The molecule has 1 amide bonds. The van der Waals surface area contributed by atoms with Crippen molar-refractivity contribution in [1.29, 1.82) is 0 Å². The van der Waals surface area contributed by atoms with E-state index in [1.165, 1.54) is 11.6 Å². The molecule has 0 radical (unpaired) electrons. The number of rotatable bonds is 6. The highest BCUT2D eigenvalue weighted by molar-refractivity contribution is 7.80. The molecule has 0 spiro atoms. The Morgan fingerprint density at radius 1 is 1.06 bits per heavy atom. The molecule has 2 aromatic carbocycles. The molecule has 9 heteroatoms. The van der Waals surface area contributed by atoms with E-state index in [0.717, 1.165) is 44.1 Å². The van der Waals surface area contributed by atoms with Crippen LogP contribution < -0.4 is 10.6 Å². The number of benzene rings is 2. The van der Waals surface area contributed by atoms with Crippen LogP contribution >= 0.6 is 35.4 Å². The van der Waals surface area contributed by atoms with Crippen molar-refractivity contribution >= 4 is 58.2 Å². The van der Waals surface area contributed by atoms with Crippen molar-refractivity contribution in [2.75, 3.05) is 31.6 Å². The lowest BCUT2D eigenvalue weighted by Gasteiger charge is -2.26. The molecule has 0 bridgehead atoms. The standard InChI is InChI=1S/C25H23Cl2N3O3S/c26-18-3-8-21(22(27)15-18)23-9-6-20(33-23)7-10-24(31)29-25(34)28-19-4-1-17(2-5-19)16-30-11-13-32-14-12-30/h1-10,15H,11-14,16H2,(H2,28,29,31,34)/b10-7+. The Morgan fingerprint density at radius 3 is 2.56 bits per heavy atom. The average molecular weight is 516 g/mol. The zero-order valence-electron chi connectivity index (χ0n) is 18.2. The van der Waals surface area contributed by atoms with Gasteiger partial charge in [0.1, 0.15) is 11.5 Å². The predicted molar refractivity (Wildman–Crippen MR) is 140 cm³/mol. The van der Waals surface area contributed by atoms with Crippen molar-refractivity contribution in [1.82, 2.24) is 10.2 Å². The molecule has 1 aromatic heterocycles. The third kappa shape index (κ3) is 6.91. The fourth-order valence-electron chi connectivity index (χ4n) is 3.46. The zero-order valence-corrected chi connectivity index (χ0v) is 20.6. The third-order valence-corrected chi connectivity index (χ3v) is 5.93. The molecule has 2 heterocycles. The summed E-state index contributed by atoms with van der Waals surface area (Å²) in [6.45, 7) is 4.32. The Bertz CT molecular complexity index is 1190. The summed E-state index contributed by atoms with van der Waals surface area (Å²) >= 11 is 17.4. The minimum Gasteiger partial charge on any atom is -0.457 e. The maximum atomic E-state index is 12.2. The summed E-state index contributed by atoms with van der Waals surface area (Å²) in [5.41, 5.74) is 2.73. The summed E-state index contributed by atoms with van der Waals surface area (Å²) in [5, 5.41) is 6.89. The SMILES string of the molecule is O=C(/C=C/c1ccc(-c2ccc(Cl)cc2Cl)o1)NC(=S)Nc1ccc(CN2CCOCC2)cc1. The van der Waals surface area contributed by atoms with E-state index in [1.54, 1.807) is 36.4 Å². The number of hydrogen-bond acceptors (Lipinski definition) is 5. The van der Waals surface area contributed by atoms with Crippen molar-refractivity contribution in [3.05, 3.63) is 82.0 Å². The third-order valence-electron chi connectivity index (χ3n) is 5.18. The van der Waals surface area contributed by atoms with E-state index in [-0.39, 0.29) is 11.0 Å². The van der Waals surface area contributed by atoms with Crippen molar-refractivity contribution < 1.29 is 13.9 Å². The summed E-state index contributed by atoms with van der Waals surface area (Å²) in [5.74, 6) is 0.714. The van der Waals surface area contributed by atoms with Gasteiger partial charge in [0, 0.05) is 42.0 Å². The Labute approximate surface area is 213 Å². The first-order valence-electron chi connectivity index (χ1n) is 10.7. The van der Waals surface area contributed by atoms with Crippen LogP contribution in [0.25, 0.3) is 17.4 Å². The van der Waals surface area contributed by atoms with Crippen molar-refractivity contribution in [2.45, 2.75) is 6.54 Å². The lowest BCUT2D eigenvalue weighted by Crippen LogP contribution is -2.35. The Morgan fingerprint density at radius 2 is 1.82 bits per heavy atom. The van der Waals surface area contributed by atoms with Crippen LogP contribution in [-0.4, -0.2) is 42.2 Å².